The summed E-state index contributed by atoms with van der Waals surface area (Å²) in [6.07, 6.45) is 0. The van der Waals surface area contributed by atoms with E-state index < -0.39 is 0 Å². The van der Waals surface area contributed by atoms with Crippen LogP contribution in [0.3, 0.4) is 0 Å². The molecule has 0 amide bonds. The van der Waals surface area contributed by atoms with Crippen LogP contribution in [0.4, 0.5) is 0 Å². The van der Waals surface area contributed by atoms with Crippen LogP contribution in [-0.4, -0.2) is 0 Å². The average molecular weight is 206 g/mol. The van der Waals surface area contributed by atoms with E-state index in [0.717, 1.165) is 5.57 Å². The third-order valence-electron chi connectivity index (χ3n) is 3.50. The minimum atomic E-state index is 1.16. The third-order valence-corrected chi connectivity index (χ3v) is 3.50. The molecule has 0 aromatic heterocycles. The lowest BCUT2D eigenvalue weighted by atomic mass is 9.99. The molecule has 0 saturated heterocycles. The Labute approximate surface area is 96.3 Å². The predicted octanol–water partition coefficient (Wildman–Crippen LogP) is 4.35. The SMILES string of the molecule is C=C1c2ccccc2-c2cc(C)c(C)cc21. The number of hydrogen-bond donors (Lipinski definition) is 0. The Morgan fingerprint density at radius 3 is 2.00 bits per heavy atom. The first-order valence-electron chi connectivity index (χ1n) is 5.59. The zero-order valence-corrected chi connectivity index (χ0v) is 9.67. The topological polar surface area (TPSA) is 0 Å². The third kappa shape index (κ3) is 1.10. The summed E-state index contributed by atoms with van der Waals surface area (Å²) in [7, 11) is 0. The van der Waals surface area contributed by atoms with Crippen LogP contribution in [0.15, 0.2) is 43.0 Å². The molecule has 78 valence electrons. The van der Waals surface area contributed by atoms with Gasteiger partial charge in [-0.05, 0) is 52.8 Å². The second-order valence-corrected chi connectivity index (χ2v) is 4.51. The van der Waals surface area contributed by atoms with Gasteiger partial charge in [0.2, 0.25) is 0 Å². The van der Waals surface area contributed by atoms with Crippen molar-refractivity contribution in [1.82, 2.24) is 0 Å². The van der Waals surface area contributed by atoms with Gasteiger partial charge in [-0.1, -0.05) is 43.0 Å². The van der Waals surface area contributed by atoms with Gasteiger partial charge in [-0.2, -0.15) is 0 Å². The molecule has 0 N–H and O–H groups in total. The van der Waals surface area contributed by atoms with E-state index in [0.29, 0.717) is 0 Å². The Morgan fingerprint density at radius 2 is 1.31 bits per heavy atom. The summed E-state index contributed by atoms with van der Waals surface area (Å²) in [6, 6.07) is 13.0. The Hall–Kier alpha value is -1.82. The van der Waals surface area contributed by atoms with Gasteiger partial charge in [0.15, 0.2) is 0 Å². The van der Waals surface area contributed by atoms with Crippen molar-refractivity contribution in [3.05, 3.63) is 65.2 Å². The summed E-state index contributed by atoms with van der Waals surface area (Å²) in [4.78, 5) is 0. The van der Waals surface area contributed by atoms with Crippen LogP contribution in [0.25, 0.3) is 16.7 Å². The van der Waals surface area contributed by atoms with Gasteiger partial charge in [0.1, 0.15) is 0 Å². The summed E-state index contributed by atoms with van der Waals surface area (Å²) in [5.41, 5.74) is 9.09. The van der Waals surface area contributed by atoms with E-state index in [1.54, 1.807) is 0 Å². The van der Waals surface area contributed by atoms with Crippen LogP contribution < -0.4 is 0 Å². The van der Waals surface area contributed by atoms with Gasteiger partial charge in [-0.25, -0.2) is 0 Å². The maximum atomic E-state index is 4.21. The molecular weight excluding hydrogens is 192 g/mol. The van der Waals surface area contributed by atoms with Crippen LogP contribution in [-0.2, 0) is 0 Å². The highest BCUT2D eigenvalue weighted by atomic mass is 14.2. The molecule has 0 nitrogen and oxygen atoms in total. The second-order valence-electron chi connectivity index (χ2n) is 4.51. The molecule has 0 heterocycles. The van der Waals surface area contributed by atoms with E-state index in [4.69, 9.17) is 0 Å². The molecule has 0 spiro atoms. The summed E-state index contributed by atoms with van der Waals surface area (Å²) in [5.74, 6) is 0. The molecule has 0 aliphatic heterocycles. The van der Waals surface area contributed by atoms with Gasteiger partial charge in [0, 0.05) is 0 Å². The largest absolute Gasteiger partial charge is 0.0905 e. The number of hydrogen-bond acceptors (Lipinski definition) is 0. The van der Waals surface area contributed by atoms with Gasteiger partial charge >= 0.3 is 0 Å². The average Bonchev–Trinajstić information content (AvgIpc) is 2.55. The lowest BCUT2D eigenvalue weighted by Crippen LogP contribution is -1.85. The fourth-order valence-electron chi connectivity index (χ4n) is 2.41. The van der Waals surface area contributed by atoms with E-state index in [1.807, 2.05) is 0 Å². The molecule has 16 heavy (non-hydrogen) atoms. The van der Waals surface area contributed by atoms with Crippen molar-refractivity contribution in [2.45, 2.75) is 13.8 Å². The smallest absolute Gasteiger partial charge is 0.00963 e. The first-order chi connectivity index (χ1) is 7.68. The molecule has 2 aromatic rings. The van der Waals surface area contributed by atoms with Crippen LogP contribution in [0.1, 0.15) is 22.3 Å². The van der Waals surface area contributed by atoms with Gasteiger partial charge < -0.3 is 0 Å². The lowest BCUT2D eigenvalue weighted by molar-refractivity contribution is 1.34. The maximum absolute atomic E-state index is 4.21. The summed E-state index contributed by atoms with van der Waals surface area (Å²) >= 11 is 0. The highest BCUT2D eigenvalue weighted by molar-refractivity contribution is 6.00. The molecular formula is C16H14. The molecule has 0 saturated carbocycles. The Bertz CT molecular complexity index is 603. The standard InChI is InChI=1S/C16H14/c1-10-8-15-12(3)13-6-4-5-7-14(13)16(15)9-11(10)2/h4-9H,3H2,1-2H3. The van der Waals surface area contributed by atoms with Crippen molar-refractivity contribution in [3.8, 4) is 11.1 Å². The summed E-state index contributed by atoms with van der Waals surface area (Å²) < 4.78 is 0. The monoisotopic (exact) mass is 206 g/mol. The Morgan fingerprint density at radius 1 is 0.750 bits per heavy atom. The van der Waals surface area contributed by atoms with Gasteiger partial charge in [0.05, 0.1) is 0 Å². The Kier molecular flexibility index (Phi) is 1.81. The van der Waals surface area contributed by atoms with Gasteiger partial charge in [-0.3, -0.25) is 0 Å². The summed E-state index contributed by atoms with van der Waals surface area (Å²) in [6.45, 7) is 8.53. The number of aryl methyl sites for hydroxylation is 2. The first kappa shape index (κ1) is 9.41. The van der Waals surface area contributed by atoms with E-state index >= 15 is 0 Å². The molecule has 0 atom stereocenters. The van der Waals surface area contributed by atoms with Crippen molar-refractivity contribution in [3.63, 3.8) is 0 Å². The first-order valence-corrected chi connectivity index (χ1v) is 5.59. The lowest BCUT2D eigenvalue weighted by Gasteiger charge is -2.05. The van der Waals surface area contributed by atoms with E-state index in [1.165, 1.54) is 33.4 Å². The molecule has 2 aromatic carbocycles. The molecule has 0 bridgehead atoms. The zero-order chi connectivity index (χ0) is 11.3. The molecule has 0 unspecified atom stereocenters. The molecule has 0 radical (unpaired) electrons. The number of rotatable bonds is 0. The normalized spacial score (nSPS) is 12.5. The van der Waals surface area contributed by atoms with Crippen LogP contribution in [0.2, 0.25) is 0 Å². The van der Waals surface area contributed by atoms with Crippen molar-refractivity contribution < 1.29 is 0 Å². The van der Waals surface area contributed by atoms with Crippen LogP contribution >= 0.6 is 0 Å². The maximum Gasteiger partial charge on any atom is -0.00963 e. The highest BCUT2D eigenvalue weighted by Crippen LogP contribution is 2.43. The molecule has 1 aliphatic carbocycles. The molecule has 0 fully saturated rings. The number of benzene rings is 2. The quantitative estimate of drug-likeness (QED) is 0.513. The fraction of sp³-hybridized carbons (Fsp3) is 0.125. The minimum Gasteiger partial charge on any atom is -0.0905 e. The van der Waals surface area contributed by atoms with Crippen molar-refractivity contribution in [2.75, 3.05) is 0 Å². The fourth-order valence-corrected chi connectivity index (χ4v) is 2.41. The van der Waals surface area contributed by atoms with Gasteiger partial charge in [0.25, 0.3) is 0 Å². The molecule has 1 aliphatic rings. The van der Waals surface area contributed by atoms with Gasteiger partial charge in [-0.15, -0.1) is 0 Å². The van der Waals surface area contributed by atoms with Crippen molar-refractivity contribution in [2.24, 2.45) is 0 Å². The number of fused-ring (bicyclic) bond motifs is 3. The molecule has 3 rings (SSSR count). The second kappa shape index (κ2) is 3.08. The zero-order valence-electron chi connectivity index (χ0n) is 9.67. The van der Waals surface area contributed by atoms with Crippen molar-refractivity contribution in [1.29, 1.82) is 0 Å². The van der Waals surface area contributed by atoms with E-state index in [9.17, 15) is 0 Å². The van der Waals surface area contributed by atoms with Crippen LogP contribution in [0, 0.1) is 13.8 Å². The molecule has 0 heteroatoms. The Balaban J connectivity index is 2.38. The predicted molar refractivity (Wildman–Crippen MR) is 69.5 cm³/mol. The van der Waals surface area contributed by atoms with Crippen LogP contribution in [0.5, 0.6) is 0 Å². The summed E-state index contributed by atoms with van der Waals surface area (Å²) in [5, 5.41) is 0. The minimum absolute atomic E-state index is 1.16. The van der Waals surface area contributed by atoms with E-state index in [-0.39, 0.29) is 0 Å². The van der Waals surface area contributed by atoms with E-state index in [2.05, 4.69) is 56.8 Å². The highest BCUT2D eigenvalue weighted by Gasteiger charge is 2.21. The van der Waals surface area contributed by atoms with Crippen molar-refractivity contribution >= 4 is 5.57 Å².